The normalized spacial score (nSPS) is 20.1. The first-order valence-corrected chi connectivity index (χ1v) is 11.0. The molecule has 2 aliphatic rings. The second-order valence-corrected chi connectivity index (χ2v) is 8.50. The topological polar surface area (TPSA) is 64.6 Å². The van der Waals surface area contributed by atoms with Crippen molar-refractivity contribution in [3.05, 3.63) is 40.5 Å². The zero-order chi connectivity index (χ0) is 21.3. The molecule has 1 aromatic heterocycles. The number of aromatic nitrogens is 2. The fourth-order valence-electron chi connectivity index (χ4n) is 4.18. The standard InChI is InChI=1S/C22H29ClN6O/c1-4-27-9-5-6-17(14-27)25-20-13-16(3)24-21(26-20)29-11-10-28(22(29)30)18-7-8-19(23)15(2)12-18/h7-8,12-13,17H,4-6,9-11,14H2,1-3H3,(H,24,25,26). The van der Waals surface area contributed by atoms with E-state index in [0.29, 0.717) is 30.1 Å². The quantitative estimate of drug-likeness (QED) is 0.777. The average Bonchev–Trinajstić information content (AvgIpc) is 3.11. The Morgan fingerprint density at radius 1 is 1.13 bits per heavy atom. The van der Waals surface area contributed by atoms with Crippen LogP contribution in [0.5, 0.6) is 0 Å². The molecule has 160 valence electrons. The van der Waals surface area contributed by atoms with Gasteiger partial charge in [-0.25, -0.2) is 9.78 Å². The predicted molar refractivity (Wildman–Crippen MR) is 122 cm³/mol. The fourth-order valence-corrected chi connectivity index (χ4v) is 4.29. The number of rotatable bonds is 5. The van der Waals surface area contributed by atoms with Gasteiger partial charge in [-0.2, -0.15) is 4.98 Å². The van der Waals surface area contributed by atoms with Crippen LogP contribution in [0.2, 0.25) is 5.02 Å². The molecule has 1 unspecified atom stereocenters. The van der Waals surface area contributed by atoms with Gasteiger partial charge in [-0.1, -0.05) is 18.5 Å². The molecule has 2 saturated heterocycles. The largest absolute Gasteiger partial charge is 0.366 e. The Morgan fingerprint density at radius 3 is 2.70 bits per heavy atom. The summed E-state index contributed by atoms with van der Waals surface area (Å²) >= 11 is 6.14. The number of nitrogens with one attached hydrogen (secondary N) is 1. The Kier molecular flexibility index (Phi) is 6.11. The summed E-state index contributed by atoms with van der Waals surface area (Å²) in [6.45, 7) is 10.5. The number of piperidine rings is 1. The SMILES string of the molecule is CCN1CCCC(Nc2cc(C)nc(N3CCN(c4ccc(Cl)c(C)c4)C3=O)n2)C1. The number of urea groups is 1. The first-order valence-electron chi connectivity index (χ1n) is 10.6. The number of benzene rings is 1. The third-order valence-corrected chi connectivity index (χ3v) is 6.27. The molecule has 0 saturated carbocycles. The van der Waals surface area contributed by atoms with E-state index in [9.17, 15) is 4.79 Å². The summed E-state index contributed by atoms with van der Waals surface area (Å²) in [5.41, 5.74) is 2.64. The van der Waals surface area contributed by atoms with Crippen molar-refractivity contribution in [2.45, 2.75) is 39.7 Å². The molecule has 0 bridgehead atoms. The van der Waals surface area contributed by atoms with Crippen LogP contribution in [0.4, 0.5) is 22.2 Å². The van der Waals surface area contributed by atoms with Gasteiger partial charge in [0, 0.05) is 48.1 Å². The predicted octanol–water partition coefficient (Wildman–Crippen LogP) is 4.09. The number of halogens is 1. The minimum atomic E-state index is -0.108. The van der Waals surface area contributed by atoms with E-state index in [4.69, 9.17) is 11.6 Å². The molecule has 2 amide bonds. The smallest absolute Gasteiger partial charge is 0.331 e. The van der Waals surface area contributed by atoms with E-state index in [1.165, 1.54) is 6.42 Å². The van der Waals surface area contributed by atoms with Crippen molar-refractivity contribution in [3.63, 3.8) is 0 Å². The third-order valence-electron chi connectivity index (χ3n) is 5.85. The van der Waals surface area contributed by atoms with Crippen molar-refractivity contribution in [2.75, 3.05) is 47.8 Å². The molecular weight excluding hydrogens is 400 g/mol. The molecule has 1 aromatic carbocycles. The summed E-state index contributed by atoms with van der Waals surface area (Å²) in [5.74, 6) is 1.24. The van der Waals surface area contributed by atoms with Crippen LogP contribution in [-0.2, 0) is 0 Å². The highest BCUT2D eigenvalue weighted by molar-refractivity contribution is 6.31. The van der Waals surface area contributed by atoms with Crippen molar-refractivity contribution < 1.29 is 4.79 Å². The van der Waals surface area contributed by atoms with Gasteiger partial charge < -0.3 is 10.2 Å². The summed E-state index contributed by atoms with van der Waals surface area (Å²) in [7, 11) is 0. The minimum absolute atomic E-state index is 0.108. The number of hydrogen-bond acceptors (Lipinski definition) is 5. The summed E-state index contributed by atoms with van der Waals surface area (Å²) in [6.07, 6.45) is 2.31. The molecule has 2 aromatic rings. The molecule has 1 atom stereocenters. The first-order chi connectivity index (χ1) is 14.4. The number of aryl methyl sites for hydroxylation is 2. The lowest BCUT2D eigenvalue weighted by Crippen LogP contribution is -2.42. The van der Waals surface area contributed by atoms with Gasteiger partial charge in [0.05, 0.1) is 0 Å². The van der Waals surface area contributed by atoms with Crippen LogP contribution in [0.3, 0.4) is 0 Å². The van der Waals surface area contributed by atoms with Crippen molar-refractivity contribution in [2.24, 2.45) is 0 Å². The summed E-state index contributed by atoms with van der Waals surface area (Å²) in [4.78, 5) is 28.2. The molecule has 0 spiro atoms. The summed E-state index contributed by atoms with van der Waals surface area (Å²) in [5, 5.41) is 4.26. The van der Waals surface area contributed by atoms with E-state index in [-0.39, 0.29) is 6.03 Å². The van der Waals surface area contributed by atoms with Crippen LogP contribution in [-0.4, -0.2) is 59.7 Å². The van der Waals surface area contributed by atoms with Crippen molar-refractivity contribution in [3.8, 4) is 0 Å². The molecule has 8 heteroatoms. The van der Waals surface area contributed by atoms with Crippen molar-refractivity contribution in [1.29, 1.82) is 0 Å². The van der Waals surface area contributed by atoms with E-state index >= 15 is 0 Å². The zero-order valence-electron chi connectivity index (χ0n) is 17.9. The van der Waals surface area contributed by atoms with Gasteiger partial charge in [0.15, 0.2) is 0 Å². The monoisotopic (exact) mass is 428 g/mol. The van der Waals surface area contributed by atoms with Crippen LogP contribution in [0.25, 0.3) is 0 Å². The van der Waals surface area contributed by atoms with Gasteiger partial charge in [-0.05, 0) is 63.5 Å². The molecule has 2 fully saturated rings. The maximum absolute atomic E-state index is 13.1. The molecular formula is C22H29ClN6O. The van der Waals surface area contributed by atoms with Crippen LogP contribution in [0.1, 0.15) is 31.0 Å². The van der Waals surface area contributed by atoms with Gasteiger partial charge in [-0.15, -0.1) is 0 Å². The number of anilines is 3. The van der Waals surface area contributed by atoms with E-state index < -0.39 is 0 Å². The molecule has 3 heterocycles. The van der Waals surface area contributed by atoms with Gasteiger partial charge >= 0.3 is 6.03 Å². The average molecular weight is 429 g/mol. The van der Waals surface area contributed by atoms with Crippen molar-refractivity contribution in [1.82, 2.24) is 14.9 Å². The van der Waals surface area contributed by atoms with Crippen LogP contribution >= 0.6 is 11.6 Å². The Morgan fingerprint density at radius 2 is 1.93 bits per heavy atom. The molecule has 1 N–H and O–H groups in total. The molecule has 2 aliphatic heterocycles. The highest BCUT2D eigenvalue weighted by atomic mass is 35.5. The van der Waals surface area contributed by atoms with Crippen LogP contribution in [0, 0.1) is 13.8 Å². The van der Waals surface area contributed by atoms with Crippen LogP contribution < -0.4 is 15.1 Å². The number of nitrogens with zero attached hydrogens (tertiary/aromatic N) is 5. The molecule has 0 aliphatic carbocycles. The maximum atomic E-state index is 13.1. The van der Waals surface area contributed by atoms with Gasteiger partial charge in [-0.3, -0.25) is 9.80 Å². The number of hydrogen-bond donors (Lipinski definition) is 1. The van der Waals surface area contributed by atoms with E-state index in [1.807, 2.05) is 38.1 Å². The summed E-state index contributed by atoms with van der Waals surface area (Å²) in [6, 6.07) is 7.86. The lowest BCUT2D eigenvalue weighted by atomic mass is 10.1. The lowest BCUT2D eigenvalue weighted by Gasteiger charge is -2.32. The molecule has 4 rings (SSSR count). The molecule has 7 nitrogen and oxygen atoms in total. The van der Waals surface area contributed by atoms with Crippen LogP contribution in [0.15, 0.2) is 24.3 Å². The Bertz CT molecular complexity index is 936. The Hall–Kier alpha value is -2.38. The zero-order valence-corrected chi connectivity index (χ0v) is 18.6. The number of likely N-dealkylation sites (N-methyl/N-ethyl adjacent to an activating group) is 1. The van der Waals surface area contributed by atoms with E-state index in [0.717, 1.165) is 48.8 Å². The van der Waals surface area contributed by atoms with Gasteiger partial charge in [0.2, 0.25) is 5.95 Å². The highest BCUT2D eigenvalue weighted by Crippen LogP contribution is 2.27. The second kappa shape index (κ2) is 8.78. The first kappa shape index (κ1) is 20.9. The number of amides is 2. The summed E-state index contributed by atoms with van der Waals surface area (Å²) < 4.78 is 0. The lowest BCUT2D eigenvalue weighted by molar-refractivity contribution is 0.226. The highest BCUT2D eigenvalue weighted by Gasteiger charge is 2.33. The fraction of sp³-hybridized carbons (Fsp3) is 0.500. The van der Waals surface area contributed by atoms with Crippen molar-refractivity contribution >= 4 is 35.1 Å². The number of likely N-dealkylation sites (tertiary alicyclic amines) is 1. The van der Waals surface area contributed by atoms with Gasteiger partial charge in [0.25, 0.3) is 0 Å². The maximum Gasteiger partial charge on any atom is 0.331 e. The van der Waals surface area contributed by atoms with E-state index in [1.54, 1.807) is 9.80 Å². The molecule has 0 radical (unpaired) electrons. The molecule has 30 heavy (non-hydrogen) atoms. The number of carbonyl (C=O) groups excluding carboxylic acids is 1. The van der Waals surface area contributed by atoms with Gasteiger partial charge in [0.1, 0.15) is 5.82 Å². The third kappa shape index (κ3) is 4.37. The van der Waals surface area contributed by atoms with E-state index in [2.05, 4.69) is 27.1 Å². The second-order valence-electron chi connectivity index (χ2n) is 8.09. The number of carbonyl (C=O) groups is 1. The Labute approximate surface area is 183 Å². The minimum Gasteiger partial charge on any atom is -0.366 e. The Balaban J connectivity index is 1.51.